The number of benzene rings is 3. The Bertz CT molecular complexity index is 1300. The van der Waals surface area contributed by atoms with E-state index in [1.807, 2.05) is 61.5 Å². The van der Waals surface area contributed by atoms with E-state index >= 15 is 0 Å². The highest BCUT2D eigenvalue weighted by Crippen LogP contribution is 2.38. The second-order valence-corrected chi connectivity index (χ2v) is 13.3. The summed E-state index contributed by atoms with van der Waals surface area (Å²) in [5, 5.41) is -4.40. The van der Waals surface area contributed by atoms with Gasteiger partial charge in [0, 0.05) is 11.0 Å². The van der Waals surface area contributed by atoms with E-state index in [2.05, 4.69) is 13.8 Å². The van der Waals surface area contributed by atoms with Crippen LogP contribution in [0.5, 0.6) is 5.75 Å². The Hall–Kier alpha value is -2.50. The van der Waals surface area contributed by atoms with Crippen LogP contribution in [0.1, 0.15) is 26.3 Å². The van der Waals surface area contributed by atoms with Gasteiger partial charge in [0.1, 0.15) is 5.75 Å². The first-order chi connectivity index (χ1) is 17.3. The minimum atomic E-state index is -5.56. The molecule has 3 aromatic rings. The molecule has 0 aliphatic carbocycles. The summed E-state index contributed by atoms with van der Waals surface area (Å²) in [4.78, 5) is 2.99. The molecule has 1 atom stereocenters. The van der Waals surface area contributed by atoms with Gasteiger partial charge < -0.3 is 14.2 Å². The summed E-state index contributed by atoms with van der Waals surface area (Å²) < 4.78 is 74.4. The number of ether oxygens (including phenoxy) is 3. The van der Waals surface area contributed by atoms with E-state index < -0.39 is 38.7 Å². The average molecular weight is 552 g/mol. The first-order valence-electron chi connectivity index (χ1n) is 11.6. The maximum atomic E-state index is 13.5. The molecule has 1 saturated heterocycles. The molecule has 3 aromatic carbocycles. The summed E-state index contributed by atoms with van der Waals surface area (Å²) in [6.45, 7) is 5.79. The van der Waals surface area contributed by atoms with Gasteiger partial charge in [-0.25, -0.2) is 0 Å². The van der Waals surface area contributed by atoms with Crippen LogP contribution in [0.3, 0.4) is 0 Å². The van der Waals surface area contributed by atoms with Gasteiger partial charge in [0.15, 0.2) is 27.1 Å². The van der Waals surface area contributed by atoms with Gasteiger partial charge >= 0.3 is 15.4 Å². The quantitative estimate of drug-likeness (QED) is 0.278. The van der Waals surface area contributed by atoms with E-state index in [1.165, 1.54) is 12.1 Å². The van der Waals surface area contributed by atoms with Crippen LogP contribution in [0.4, 0.5) is 8.78 Å². The molecule has 0 aromatic heterocycles. The first kappa shape index (κ1) is 27.5. The minimum Gasteiger partial charge on any atom is -0.486 e. The summed E-state index contributed by atoms with van der Waals surface area (Å²) in [6, 6.07) is 24.4. The van der Waals surface area contributed by atoms with Crippen LogP contribution in [0.15, 0.2) is 93.5 Å². The van der Waals surface area contributed by atoms with Crippen LogP contribution in [0.25, 0.3) is 0 Å². The smallest absolute Gasteiger partial charge is 0.402 e. The van der Waals surface area contributed by atoms with Crippen molar-refractivity contribution in [1.82, 2.24) is 0 Å². The summed E-state index contributed by atoms with van der Waals surface area (Å²) >= 11 is 0. The predicted octanol–water partition coefficient (Wildman–Crippen LogP) is 5.89. The molecular formula is C27H29F2O6S2+. The molecule has 0 amide bonds. The van der Waals surface area contributed by atoms with Gasteiger partial charge in [-0.05, 0) is 67.6 Å². The molecule has 0 radical (unpaired) electrons. The monoisotopic (exact) mass is 551 g/mol. The Kier molecular flexibility index (Phi) is 7.69. The van der Waals surface area contributed by atoms with Gasteiger partial charge in [0.25, 0.3) is 0 Å². The maximum absolute atomic E-state index is 13.5. The molecule has 1 unspecified atom stereocenters. The fraction of sp³-hybridized carbons (Fsp3) is 0.333. The van der Waals surface area contributed by atoms with Crippen molar-refractivity contribution in [2.75, 3.05) is 19.8 Å². The van der Waals surface area contributed by atoms with Crippen molar-refractivity contribution >= 4 is 21.0 Å². The number of hydrogen-bond acceptors (Lipinski definition) is 5. The third kappa shape index (κ3) is 6.32. The topological polar surface area (TPSA) is 82.1 Å². The van der Waals surface area contributed by atoms with Crippen LogP contribution in [0.2, 0.25) is 0 Å². The van der Waals surface area contributed by atoms with E-state index in [4.69, 9.17) is 18.8 Å². The number of halogens is 2. The second-order valence-electron chi connectivity index (χ2n) is 9.70. The number of rotatable bonds is 8. The molecule has 4 rings (SSSR count). The van der Waals surface area contributed by atoms with Gasteiger partial charge in [-0.1, -0.05) is 32.0 Å². The third-order valence-corrected chi connectivity index (χ3v) is 9.02. The summed E-state index contributed by atoms with van der Waals surface area (Å²) in [5.41, 5.74) is 0.865. The van der Waals surface area contributed by atoms with E-state index in [-0.39, 0.29) is 11.2 Å². The van der Waals surface area contributed by atoms with Gasteiger partial charge in [-0.15, -0.1) is 0 Å². The molecule has 10 heteroatoms. The molecule has 1 heterocycles. The minimum absolute atomic E-state index is 0.0443. The average Bonchev–Trinajstić information content (AvgIpc) is 2.86. The highest BCUT2D eigenvalue weighted by atomic mass is 32.2. The lowest BCUT2D eigenvalue weighted by atomic mass is 9.94. The largest absolute Gasteiger partial charge is 0.486 e. The molecule has 1 fully saturated rings. The molecule has 0 spiro atoms. The Labute approximate surface area is 218 Å². The Morgan fingerprint density at radius 1 is 0.865 bits per heavy atom. The van der Waals surface area contributed by atoms with E-state index in [0.29, 0.717) is 13.2 Å². The van der Waals surface area contributed by atoms with Crippen molar-refractivity contribution in [3.8, 4) is 5.75 Å². The Morgan fingerprint density at radius 3 is 1.86 bits per heavy atom. The summed E-state index contributed by atoms with van der Waals surface area (Å²) in [5.74, 6) is -0.774. The molecular weight excluding hydrogens is 522 g/mol. The van der Waals surface area contributed by atoms with Gasteiger partial charge in [0.05, 0.1) is 24.1 Å². The first-order valence-corrected chi connectivity index (χ1v) is 14.2. The normalized spacial score (nSPS) is 18.2. The van der Waals surface area contributed by atoms with E-state index in [9.17, 15) is 17.2 Å². The molecule has 1 aliphatic heterocycles. The maximum Gasteiger partial charge on any atom is 0.402 e. The fourth-order valence-electron chi connectivity index (χ4n) is 3.69. The van der Waals surface area contributed by atoms with Crippen LogP contribution in [-0.2, 0) is 36.3 Å². The van der Waals surface area contributed by atoms with Crippen LogP contribution < -0.4 is 4.74 Å². The van der Waals surface area contributed by atoms with Crippen molar-refractivity contribution in [3.63, 3.8) is 0 Å². The molecule has 0 bridgehead atoms. The zero-order valence-corrected chi connectivity index (χ0v) is 22.3. The van der Waals surface area contributed by atoms with Gasteiger partial charge in [0.2, 0.25) is 0 Å². The Morgan fingerprint density at radius 2 is 1.35 bits per heavy atom. The van der Waals surface area contributed by atoms with E-state index in [1.54, 1.807) is 12.1 Å². The van der Waals surface area contributed by atoms with Crippen molar-refractivity contribution < 1.29 is 36.0 Å². The molecule has 198 valence electrons. The van der Waals surface area contributed by atoms with Crippen molar-refractivity contribution in [2.45, 2.75) is 46.5 Å². The lowest BCUT2D eigenvalue weighted by molar-refractivity contribution is -0.298. The molecule has 6 nitrogen and oxygen atoms in total. The lowest BCUT2D eigenvalue weighted by Gasteiger charge is -2.41. The van der Waals surface area contributed by atoms with Gasteiger partial charge in [-0.3, -0.25) is 4.55 Å². The third-order valence-electron chi connectivity index (χ3n) is 5.91. The molecule has 0 saturated carbocycles. The molecule has 1 N–H and O–H groups in total. The SMILES string of the molecule is CC1(C)COC(C)(c2ccc([S+](c3ccccc3)c3ccc(OCC(F)(F)S(=O)(=O)O)cc3)cc2)OC1. The lowest BCUT2D eigenvalue weighted by Crippen LogP contribution is -2.43. The molecule has 37 heavy (non-hydrogen) atoms. The van der Waals surface area contributed by atoms with Crippen molar-refractivity contribution in [1.29, 1.82) is 0 Å². The van der Waals surface area contributed by atoms with Crippen LogP contribution >= 0.6 is 0 Å². The van der Waals surface area contributed by atoms with E-state index in [0.717, 1.165) is 20.2 Å². The molecule has 1 aliphatic rings. The summed E-state index contributed by atoms with van der Waals surface area (Å²) in [7, 11) is -6.08. The van der Waals surface area contributed by atoms with Crippen LogP contribution in [0, 0.1) is 5.41 Å². The zero-order chi connectivity index (χ0) is 26.9. The standard InChI is InChI=1S/C27H28F2O6S2/c1-25(2)17-34-26(3,35-18-25)20-9-13-23(14-10-20)36(22-7-5-4-6-8-22)24-15-11-21(12-16-24)33-19-27(28,29)37(30,31)32/h4-16H,17-19H2,1-3H3/p+1. The Balaban J connectivity index is 1.58. The van der Waals surface area contributed by atoms with Crippen molar-refractivity contribution in [2.24, 2.45) is 5.41 Å². The fourth-order valence-corrected chi connectivity index (χ4v) is 5.96. The number of hydrogen-bond donors (Lipinski definition) is 1. The van der Waals surface area contributed by atoms with Gasteiger partial charge in [-0.2, -0.15) is 17.2 Å². The highest BCUT2D eigenvalue weighted by molar-refractivity contribution is 7.97. The highest BCUT2D eigenvalue weighted by Gasteiger charge is 2.45. The van der Waals surface area contributed by atoms with Crippen LogP contribution in [-0.4, -0.2) is 38.0 Å². The second kappa shape index (κ2) is 10.3. The number of alkyl halides is 2. The zero-order valence-electron chi connectivity index (χ0n) is 20.7. The van der Waals surface area contributed by atoms with Crippen molar-refractivity contribution in [3.05, 3.63) is 84.4 Å². The predicted molar refractivity (Wildman–Crippen MR) is 137 cm³/mol. The summed E-state index contributed by atoms with van der Waals surface area (Å²) in [6.07, 6.45) is 0.